The molecule has 1 aliphatic carbocycles. The smallest absolute Gasteiger partial charge is 0.293 e. The highest BCUT2D eigenvalue weighted by Gasteiger charge is 2.47. The molecule has 1 aliphatic rings. The number of ether oxygens (including phenoxy) is 2. The van der Waals surface area contributed by atoms with Crippen LogP contribution in [0.1, 0.15) is 37.2 Å². The maximum absolute atomic E-state index is 11.4. The molecule has 0 spiro atoms. The van der Waals surface area contributed by atoms with E-state index < -0.39 is 11.7 Å². The van der Waals surface area contributed by atoms with E-state index in [-0.39, 0.29) is 5.92 Å². The van der Waals surface area contributed by atoms with Crippen LogP contribution in [-0.2, 0) is 9.53 Å². The molecule has 0 aromatic heterocycles. The maximum atomic E-state index is 11.4. The van der Waals surface area contributed by atoms with Crippen molar-refractivity contribution in [3.05, 3.63) is 29.8 Å². The normalized spacial score (nSPS) is 25.9. The van der Waals surface area contributed by atoms with Gasteiger partial charge in [0.25, 0.3) is 6.47 Å². The van der Waals surface area contributed by atoms with Gasteiger partial charge in [-0.05, 0) is 51.1 Å². The highest BCUT2D eigenvalue weighted by Crippen LogP contribution is 2.42. The van der Waals surface area contributed by atoms with Gasteiger partial charge in [0.2, 0.25) is 0 Å². The van der Waals surface area contributed by atoms with Crippen molar-refractivity contribution in [3.8, 4) is 5.75 Å². The van der Waals surface area contributed by atoms with Crippen molar-refractivity contribution >= 4 is 6.47 Å². The fourth-order valence-corrected chi connectivity index (χ4v) is 3.55. The number of carbonyl (C=O) groups excluding carboxylic acids is 1. The maximum Gasteiger partial charge on any atom is 0.293 e. The van der Waals surface area contributed by atoms with Gasteiger partial charge >= 0.3 is 0 Å². The van der Waals surface area contributed by atoms with Crippen molar-refractivity contribution in [1.29, 1.82) is 0 Å². The Balaban J connectivity index is 2.36. The minimum atomic E-state index is -1.04. The molecule has 3 atom stereocenters. The zero-order valence-electron chi connectivity index (χ0n) is 14.2. The zero-order valence-corrected chi connectivity index (χ0v) is 14.2. The summed E-state index contributed by atoms with van der Waals surface area (Å²) in [5.74, 6) is 0.655. The summed E-state index contributed by atoms with van der Waals surface area (Å²) >= 11 is 0. The average molecular weight is 321 g/mol. The summed E-state index contributed by atoms with van der Waals surface area (Å²) < 4.78 is 10.5. The highest BCUT2D eigenvalue weighted by molar-refractivity contribution is 5.39. The van der Waals surface area contributed by atoms with Gasteiger partial charge < -0.3 is 19.5 Å². The number of nitrogens with zero attached hydrogens (tertiary/aromatic N) is 1. The van der Waals surface area contributed by atoms with Crippen LogP contribution in [0, 0.1) is 0 Å². The van der Waals surface area contributed by atoms with Crippen LogP contribution in [-0.4, -0.2) is 55.9 Å². The Morgan fingerprint density at radius 3 is 2.61 bits per heavy atom. The monoisotopic (exact) mass is 321 g/mol. The number of carbonyl (C=O) groups is 1. The molecule has 5 heteroatoms. The Kier molecular flexibility index (Phi) is 6.02. The molecule has 1 saturated carbocycles. The summed E-state index contributed by atoms with van der Waals surface area (Å²) in [5, 5.41) is 11.4. The quantitative estimate of drug-likeness (QED) is 0.780. The third-order valence-corrected chi connectivity index (χ3v) is 4.74. The topological polar surface area (TPSA) is 59.0 Å². The molecule has 2 rings (SSSR count). The predicted octanol–water partition coefficient (Wildman–Crippen LogP) is 2.19. The van der Waals surface area contributed by atoms with E-state index in [1.165, 1.54) is 0 Å². The molecule has 128 valence electrons. The number of aliphatic hydroxyl groups is 1. The van der Waals surface area contributed by atoms with Crippen molar-refractivity contribution in [1.82, 2.24) is 4.90 Å². The highest BCUT2D eigenvalue weighted by atomic mass is 16.5. The SMILES string of the molecule is COc1ccc(C(CN(C)C)C2(O)CCCCC2OC=O)cc1. The molecular formula is C18H27NO4. The molecule has 3 unspecified atom stereocenters. The van der Waals surface area contributed by atoms with Gasteiger partial charge in [0.1, 0.15) is 17.5 Å². The number of methoxy groups -OCH3 is 1. The van der Waals surface area contributed by atoms with Crippen molar-refractivity contribution < 1.29 is 19.4 Å². The number of hydrogen-bond donors (Lipinski definition) is 1. The third-order valence-electron chi connectivity index (χ3n) is 4.74. The Labute approximate surface area is 138 Å². The summed E-state index contributed by atoms with van der Waals surface area (Å²) in [6.07, 6.45) is 2.79. The molecule has 1 fully saturated rings. The van der Waals surface area contributed by atoms with Gasteiger partial charge in [-0.2, -0.15) is 0 Å². The molecule has 0 bridgehead atoms. The summed E-state index contributed by atoms with van der Waals surface area (Å²) in [6, 6.07) is 7.77. The first-order chi connectivity index (χ1) is 11.0. The fraction of sp³-hybridized carbons (Fsp3) is 0.611. The Bertz CT molecular complexity index is 502. The molecule has 1 N–H and O–H groups in total. The molecule has 0 radical (unpaired) electrons. The predicted molar refractivity (Wildman–Crippen MR) is 88.6 cm³/mol. The van der Waals surface area contributed by atoms with Gasteiger partial charge in [-0.1, -0.05) is 18.6 Å². The largest absolute Gasteiger partial charge is 0.497 e. The lowest BCUT2D eigenvalue weighted by Crippen LogP contribution is -2.53. The first-order valence-electron chi connectivity index (χ1n) is 8.11. The number of likely N-dealkylation sites (N-methyl/N-ethyl adjacent to an activating group) is 1. The first kappa shape index (κ1) is 17.8. The van der Waals surface area contributed by atoms with Crippen LogP contribution in [0.4, 0.5) is 0 Å². The Morgan fingerprint density at radius 1 is 1.35 bits per heavy atom. The summed E-state index contributed by atoms with van der Waals surface area (Å²) in [7, 11) is 5.60. The van der Waals surface area contributed by atoms with Crippen LogP contribution in [0.5, 0.6) is 5.75 Å². The first-order valence-corrected chi connectivity index (χ1v) is 8.11. The second-order valence-corrected chi connectivity index (χ2v) is 6.55. The molecular weight excluding hydrogens is 294 g/mol. The lowest BCUT2D eigenvalue weighted by molar-refractivity contribution is -0.163. The molecule has 5 nitrogen and oxygen atoms in total. The van der Waals surface area contributed by atoms with Gasteiger partial charge in [-0.15, -0.1) is 0 Å². The summed E-state index contributed by atoms with van der Waals surface area (Å²) in [5.41, 5.74) is -0.0127. The molecule has 0 heterocycles. The summed E-state index contributed by atoms with van der Waals surface area (Å²) in [4.78, 5) is 12.9. The van der Waals surface area contributed by atoms with Crippen molar-refractivity contribution in [3.63, 3.8) is 0 Å². The van der Waals surface area contributed by atoms with E-state index in [2.05, 4.69) is 4.90 Å². The van der Waals surface area contributed by atoms with Gasteiger partial charge in [-0.25, -0.2) is 0 Å². The standard InChI is InChI=1S/C18H27NO4/c1-19(2)12-16(14-7-9-15(22-3)10-8-14)18(21)11-5-4-6-17(18)23-13-20/h7-10,13,16-17,21H,4-6,11-12H2,1-3H3. The van der Waals surface area contributed by atoms with Gasteiger partial charge in [-0.3, -0.25) is 4.79 Å². The van der Waals surface area contributed by atoms with E-state index in [1.54, 1.807) is 7.11 Å². The van der Waals surface area contributed by atoms with Crippen LogP contribution in [0.2, 0.25) is 0 Å². The van der Waals surface area contributed by atoms with Crippen molar-refractivity contribution in [2.45, 2.75) is 43.3 Å². The van der Waals surface area contributed by atoms with E-state index in [4.69, 9.17) is 9.47 Å². The molecule has 0 amide bonds. The molecule has 0 aliphatic heterocycles. The lowest BCUT2D eigenvalue weighted by atomic mass is 9.70. The number of hydrogen-bond acceptors (Lipinski definition) is 5. The lowest BCUT2D eigenvalue weighted by Gasteiger charge is -2.45. The van der Waals surface area contributed by atoms with Crippen LogP contribution in [0.25, 0.3) is 0 Å². The minimum Gasteiger partial charge on any atom is -0.497 e. The van der Waals surface area contributed by atoms with E-state index in [1.807, 2.05) is 38.4 Å². The zero-order chi connectivity index (χ0) is 16.9. The minimum absolute atomic E-state index is 0.131. The van der Waals surface area contributed by atoms with Crippen molar-refractivity contribution in [2.24, 2.45) is 0 Å². The Hall–Kier alpha value is -1.59. The average Bonchev–Trinajstić information content (AvgIpc) is 2.55. The van der Waals surface area contributed by atoms with E-state index in [0.717, 1.165) is 24.2 Å². The number of rotatable bonds is 7. The molecule has 0 saturated heterocycles. The fourth-order valence-electron chi connectivity index (χ4n) is 3.55. The third kappa shape index (κ3) is 4.03. The summed E-state index contributed by atoms with van der Waals surface area (Å²) in [6.45, 7) is 1.14. The van der Waals surface area contributed by atoms with E-state index in [9.17, 15) is 9.90 Å². The van der Waals surface area contributed by atoms with E-state index in [0.29, 0.717) is 25.9 Å². The van der Waals surface area contributed by atoms with Crippen LogP contribution in [0.15, 0.2) is 24.3 Å². The van der Waals surface area contributed by atoms with E-state index >= 15 is 0 Å². The van der Waals surface area contributed by atoms with Crippen molar-refractivity contribution in [2.75, 3.05) is 27.7 Å². The van der Waals surface area contributed by atoms with Gasteiger partial charge in [0, 0.05) is 12.5 Å². The molecule has 23 heavy (non-hydrogen) atoms. The molecule has 1 aromatic rings. The second kappa shape index (κ2) is 7.79. The Morgan fingerprint density at radius 2 is 2.04 bits per heavy atom. The second-order valence-electron chi connectivity index (χ2n) is 6.55. The molecule has 1 aromatic carbocycles. The number of benzene rings is 1. The van der Waals surface area contributed by atoms with Crippen LogP contribution >= 0.6 is 0 Å². The van der Waals surface area contributed by atoms with Gasteiger partial charge in [0.15, 0.2) is 0 Å². The van der Waals surface area contributed by atoms with Crippen LogP contribution in [0.3, 0.4) is 0 Å². The van der Waals surface area contributed by atoms with Gasteiger partial charge in [0.05, 0.1) is 7.11 Å². The van der Waals surface area contributed by atoms with Crippen LogP contribution < -0.4 is 4.74 Å².